The van der Waals surface area contributed by atoms with Gasteiger partial charge in [0.2, 0.25) is 11.8 Å². The lowest BCUT2D eigenvalue weighted by molar-refractivity contribution is -0.128. The molecule has 0 heterocycles. The van der Waals surface area contributed by atoms with Gasteiger partial charge in [0, 0.05) is 51.9 Å². The molecule has 0 unspecified atom stereocenters. The molecule has 114 valence electrons. The lowest BCUT2D eigenvalue weighted by Crippen LogP contribution is -2.32. The molecule has 0 aromatic heterocycles. The number of hydrogen-bond acceptors (Lipinski definition) is 3. The molecule has 0 aliphatic carbocycles. The van der Waals surface area contributed by atoms with E-state index in [0.29, 0.717) is 13.1 Å². The van der Waals surface area contributed by atoms with E-state index in [0.717, 1.165) is 11.4 Å². The van der Waals surface area contributed by atoms with Crippen LogP contribution in [0, 0.1) is 0 Å². The molecule has 0 saturated heterocycles. The third kappa shape index (κ3) is 5.69. The zero-order valence-electron chi connectivity index (χ0n) is 12.9. The second-order valence-electron chi connectivity index (χ2n) is 4.99. The van der Waals surface area contributed by atoms with Gasteiger partial charge in [-0.05, 0) is 24.3 Å². The summed E-state index contributed by atoms with van der Waals surface area (Å²) in [5.41, 5.74) is 1.82. The minimum atomic E-state index is -0.108. The Bertz CT molecular complexity index is 495. The molecule has 5 heteroatoms. The molecule has 1 N–H and O–H groups in total. The number of nitrogens with one attached hydrogen (secondary N) is 1. The predicted molar refractivity (Wildman–Crippen MR) is 86.5 cm³/mol. The van der Waals surface area contributed by atoms with Gasteiger partial charge in [-0.3, -0.25) is 9.59 Å². The van der Waals surface area contributed by atoms with Crippen LogP contribution in [0.5, 0.6) is 0 Å². The van der Waals surface area contributed by atoms with Crippen LogP contribution in [0.1, 0.15) is 13.3 Å². The van der Waals surface area contributed by atoms with Crippen LogP contribution in [-0.2, 0) is 9.59 Å². The van der Waals surface area contributed by atoms with E-state index in [-0.39, 0.29) is 18.2 Å². The number of carbonyl (C=O) groups is 2. The number of amides is 2. The van der Waals surface area contributed by atoms with E-state index < -0.39 is 0 Å². The minimum absolute atomic E-state index is 0.0574. The highest BCUT2D eigenvalue weighted by atomic mass is 16.2. The third-order valence-corrected chi connectivity index (χ3v) is 3.07. The second-order valence-corrected chi connectivity index (χ2v) is 4.99. The monoisotopic (exact) mass is 289 g/mol. The zero-order valence-corrected chi connectivity index (χ0v) is 12.9. The molecule has 2 amide bonds. The molecule has 0 bridgehead atoms. The summed E-state index contributed by atoms with van der Waals surface area (Å²) < 4.78 is 0. The quantitative estimate of drug-likeness (QED) is 0.782. The van der Waals surface area contributed by atoms with E-state index in [1.54, 1.807) is 11.0 Å². The molecule has 1 aromatic carbocycles. The highest BCUT2D eigenvalue weighted by Crippen LogP contribution is 2.15. The van der Waals surface area contributed by atoms with Crippen LogP contribution in [-0.4, -0.2) is 43.9 Å². The lowest BCUT2D eigenvalue weighted by atomic mass is 10.2. The number of rotatable bonds is 7. The Balaban J connectivity index is 2.49. The second kappa shape index (κ2) is 8.09. The Labute approximate surface area is 126 Å². The summed E-state index contributed by atoms with van der Waals surface area (Å²) in [6, 6.07) is 7.60. The maximum atomic E-state index is 11.9. The summed E-state index contributed by atoms with van der Waals surface area (Å²) in [7, 11) is 3.92. The van der Waals surface area contributed by atoms with Gasteiger partial charge in [-0.25, -0.2) is 0 Å². The predicted octanol–water partition coefficient (Wildman–Crippen LogP) is 2.12. The fraction of sp³-hybridized carbons (Fsp3) is 0.375. The van der Waals surface area contributed by atoms with Crippen molar-refractivity contribution in [2.45, 2.75) is 13.3 Å². The van der Waals surface area contributed by atoms with Crippen LogP contribution in [0.4, 0.5) is 11.4 Å². The molecule has 0 atom stereocenters. The SMILES string of the molecule is C=CCN(CCC(=O)Nc1ccc(N(C)C)cc1)C(C)=O. The van der Waals surface area contributed by atoms with Gasteiger partial charge >= 0.3 is 0 Å². The smallest absolute Gasteiger partial charge is 0.226 e. The molecule has 0 fully saturated rings. The average molecular weight is 289 g/mol. The first-order valence-electron chi connectivity index (χ1n) is 6.87. The topological polar surface area (TPSA) is 52.7 Å². The lowest BCUT2D eigenvalue weighted by Gasteiger charge is -2.18. The third-order valence-electron chi connectivity index (χ3n) is 3.07. The van der Waals surface area contributed by atoms with Gasteiger partial charge in [-0.1, -0.05) is 6.08 Å². The number of anilines is 2. The fourth-order valence-corrected chi connectivity index (χ4v) is 1.84. The summed E-state index contributed by atoms with van der Waals surface area (Å²) >= 11 is 0. The highest BCUT2D eigenvalue weighted by Gasteiger charge is 2.09. The summed E-state index contributed by atoms with van der Waals surface area (Å²) in [5.74, 6) is -0.166. The van der Waals surface area contributed by atoms with E-state index in [2.05, 4.69) is 11.9 Å². The summed E-state index contributed by atoms with van der Waals surface area (Å²) in [6.45, 7) is 5.94. The van der Waals surface area contributed by atoms with Crippen LogP contribution in [0.3, 0.4) is 0 Å². The number of hydrogen-bond donors (Lipinski definition) is 1. The molecule has 21 heavy (non-hydrogen) atoms. The molecule has 1 rings (SSSR count). The van der Waals surface area contributed by atoms with Gasteiger partial charge in [0.05, 0.1) is 0 Å². The minimum Gasteiger partial charge on any atom is -0.378 e. The number of carbonyl (C=O) groups excluding carboxylic acids is 2. The molecule has 0 aliphatic rings. The molecule has 0 aliphatic heterocycles. The van der Waals surface area contributed by atoms with Crippen molar-refractivity contribution >= 4 is 23.2 Å². The van der Waals surface area contributed by atoms with Gasteiger partial charge < -0.3 is 15.1 Å². The first kappa shape index (κ1) is 16.8. The Morgan fingerprint density at radius 2 is 1.86 bits per heavy atom. The van der Waals surface area contributed by atoms with E-state index in [1.165, 1.54) is 6.92 Å². The molecule has 0 radical (unpaired) electrons. The van der Waals surface area contributed by atoms with E-state index in [4.69, 9.17) is 0 Å². The maximum absolute atomic E-state index is 11.9. The Morgan fingerprint density at radius 3 is 2.33 bits per heavy atom. The van der Waals surface area contributed by atoms with Gasteiger partial charge in [0.25, 0.3) is 0 Å². The average Bonchev–Trinajstić information content (AvgIpc) is 2.43. The van der Waals surface area contributed by atoms with Crippen molar-refractivity contribution in [1.82, 2.24) is 4.90 Å². The molecular formula is C16H23N3O2. The highest BCUT2D eigenvalue weighted by molar-refractivity contribution is 5.91. The molecule has 0 saturated carbocycles. The summed E-state index contributed by atoms with van der Waals surface area (Å²) in [4.78, 5) is 26.8. The van der Waals surface area contributed by atoms with Crippen LogP contribution in [0.2, 0.25) is 0 Å². The first-order valence-corrected chi connectivity index (χ1v) is 6.87. The van der Waals surface area contributed by atoms with Crippen molar-refractivity contribution in [3.8, 4) is 0 Å². The van der Waals surface area contributed by atoms with Gasteiger partial charge in [-0.15, -0.1) is 6.58 Å². The van der Waals surface area contributed by atoms with Gasteiger partial charge in [0.15, 0.2) is 0 Å². The fourth-order valence-electron chi connectivity index (χ4n) is 1.84. The number of nitrogens with zero attached hydrogens (tertiary/aromatic N) is 2. The Hall–Kier alpha value is -2.30. The van der Waals surface area contributed by atoms with E-state index >= 15 is 0 Å². The summed E-state index contributed by atoms with van der Waals surface area (Å²) in [5, 5.41) is 2.82. The van der Waals surface area contributed by atoms with E-state index in [1.807, 2.05) is 43.3 Å². The van der Waals surface area contributed by atoms with Gasteiger partial charge in [-0.2, -0.15) is 0 Å². The first-order chi connectivity index (χ1) is 9.93. The van der Waals surface area contributed by atoms with E-state index in [9.17, 15) is 9.59 Å². The van der Waals surface area contributed by atoms with Crippen LogP contribution in [0.25, 0.3) is 0 Å². The van der Waals surface area contributed by atoms with Crippen molar-refractivity contribution in [2.75, 3.05) is 37.4 Å². The van der Waals surface area contributed by atoms with Crippen molar-refractivity contribution in [3.63, 3.8) is 0 Å². The number of benzene rings is 1. The van der Waals surface area contributed by atoms with Crippen molar-refractivity contribution < 1.29 is 9.59 Å². The molecular weight excluding hydrogens is 266 g/mol. The van der Waals surface area contributed by atoms with Gasteiger partial charge in [0.1, 0.15) is 0 Å². The normalized spacial score (nSPS) is 9.86. The van der Waals surface area contributed by atoms with Crippen molar-refractivity contribution in [1.29, 1.82) is 0 Å². The van der Waals surface area contributed by atoms with Crippen LogP contribution in [0.15, 0.2) is 36.9 Å². The molecule has 0 spiro atoms. The molecule has 5 nitrogen and oxygen atoms in total. The molecule has 1 aromatic rings. The Kier molecular flexibility index (Phi) is 6.46. The van der Waals surface area contributed by atoms with Crippen LogP contribution < -0.4 is 10.2 Å². The van der Waals surface area contributed by atoms with Crippen LogP contribution >= 0.6 is 0 Å². The Morgan fingerprint density at radius 1 is 1.24 bits per heavy atom. The zero-order chi connectivity index (χ0) is 15.8. The standard InChI is InChI=1S/C16H23N3O2/c1-5-11-19(13(2)20)12-10-16(21)17-14-6-8-15(9-7-14)18(3)4/h5-9H,1,10-12H2,2-4H3,(H,17,21). The maximum Gasteiger partial charge on any atom is 0.226 e. The largest absolute Gasteiger partial charge is 0.378 e. The summed E-state index contributed by atoms with van der Waals surface area (Å²) in [6.07, 6.45) is 1.92. The van der Waals surface area contributed by atoms with Crippen molar-refractivity contribution in [2.24, 2.45) is 0 Å². The van der Waals surface area contributed by atoms with Crippen molar-refractivity contribution in [3.05, 3.63) is 36.9 Å².